The Morgan fingerprint density at radius 1 is 0.837 bits per heavy atom. The van der Waals surface area contributed by atoms with E-state index in [0.29, 0.717) is 28.4 Å². The van der Waals surface area contributed by atoms with Crippen molar-refractivity contribution in [2.24, 2.45) is 0 Å². The van der Waals surface area contributed by atoms with E-state index in [1.54, 1.807) is 48.5 Å². The van der Waals surface area contributed by atoms with Gasteiger partial charge in [0.1, 0.15) is 11.5 Å². The van der Waals surface area contributed by atoms with Crippen molar-refractivity contribution in [3.63, 3.8) is 0 Å². The molecule has 6 aromatic rings. The molecule has 49 heavy (non-hydrogen) atoms. The van der Waals surface area contributed by atoms with Gasteiger partial charge in [0.2, 0.25) is 5.91 Å². The van der Waals surface area contributed by atoms with E-state index >= 15 is 0 Å². The summed E-state index contributed by atoms with van der Waals surface area (Å²) in [6, 6.07) is 35.6. The normalized spacial score (nSPS) is 11.9. The lowest BCUT2D eigenvalue weighted by Gasteiger charge is -2.15. The third kappa shape index (κ3) is 8.67. The van der Waals surface area contributed by atoms with E-state index in [9.17, 15) is 18.8 Å². The zero-order chi connectivity index (χ0) is 34.2. The van der Waals surface area contributed by atoms with Gasteiger partial charge >= 0.3 is 0 Å². The lowest BCUT2D eigenvalue weighted by atomic mass is 10.1. The highest BCUT2D eigenvalue weighted by Gasteiger charge is 2.21. The highest BCUT2D eigenvalue weighted by atomic mass is 32.2. The SMILES string of the molecule is CCC(Sc1cccc(NC(=O)/C(=C/c2ccc(F)cc2)NC(=O)c2ccccc2)c1)C(=O)Nc1nc(-c2ccc3ccccc3c2)cs1. The number of nitrogens with one attached hydrogen (secondary N) is 3. The van der Waals surface area contributed by atoms with Crippen LogP contribution in [0.1, 0.15) is 29.3 Å². The number of hydrogen-bond acceptors (Lipinski definition) is 6. The van der Waals surface area contributed by atoms with Crippen LogP contribution >= 0.6 is 23.1 Å². The van der Waals surface area contributed by atoms with Crippen molar-refractivity contribution in [3.8, 4) is 11.3 Å². The molecule has 0 aliphatic rings. The molecular formula is C39H31FN4O3S2. The Hall–Kier alpha value is -5.58. The molecule has 3 amide bonds. The maximum Gasteiger partial charge on any atom is 0.272 e. The maximum absolute atomic E-state index is 13.5. The molecule has 0 aliphatic heterocycles. The van der Waals surface area contributed by atoms with Gasteiger partial charge in [0.15, 0.2) is 5.13 Å². The molecule has 0 saturated heterocycles. The number of fused-ring (bicyclic) bond motifs is 1. The number of carbonyl (C=O) groups is 3. The van der Waals surface area contributed by atoms with E-state index in [-0.39, 0.29) is 11.6 Å². The van der Waals surface area contributed by atoms with Crippen molar-refractivity contribution >= 4 is 68.5 Å². The van der Waals surface area contributed by atoms with Crippen molar-refractivity contribution in [3.05, 3.63) is 149 Å². The molecule has 1 heterocycles. The molecule has 1 atom stereocenters. The molecule has 244 valence electrons. The van der Waals surface area contributed by atoms with E-state index in [1.165, 1.54) is 53.4 Å². The second-order valence-corrected chi connectivity index (χ2v) is 13.1. The molecule has 0 bridgehead atoms. The predicted molar refractivity (Wildman–Crippen MR) is 197 cm³/mol. The average molecular weight is 687 g/mol. The van der Waals surface area contributed by atoms with Gasteiger partial charge in [0, 0.05) is 27.1 Å². The average Bonchev–Trinajstić information content (AvgIpc) is 3.59. The van der Waals surface area contributed by atoms with E-state index in [4.69, 9.17) is 0 Å². The van der Waals surface area contributed by atoms with Gasteiger partial charge in [-0.05, 0) is 77.4 Å². The number of nitrogens with zero attached hydrogens (tertiary/aromatic N) is 1. The van der Waals surface area contributed by atoms with E-state index in [1.807, 2.05) is 36.6 Å². The summed E-state index contributed by atoms with van der Waals surface area (Å²) in [5, 5.41) is 12.8. The first kappa shape index (κ1) is 33.3. The van der Waals surface area contributed by atoms with Gasteiger partial charge in [-0.3, -0.25) is 14.4 Å². The fourth-order valence-electron chi connectivity index (χ4n) is 5.00. The Bertz CT molecular complexity index is 2150. The minimum absolute atomic E-state index is 0.0177. The third-order valence-corrected chi connectivity index (χ3v) is 9.64. The van der Waals surface area contributed by atoms with Crippen molar-refractivity contribution in [2.45, 2.75) is 23.5 Å². The summed E-state index contributed by atoms with van der Waals surface area (Å²) in [5.41, 5.74) is 3.14. The summed E-state index contributed by atoms with van der Waals surface area (Å²) in [5.74, 6) is -1.61. The first-order valence-electron chi connectivity index (χ1n) is 15.5. The largest absolute Gasteiger partial charge is 0.321 e. The summed E-state index contributed by atoms with van der Waals surface area (Å²) in [6.07, 6.45) is 2.04. The van der Waals surface area contributed by atoms with Crippen molar-refractivity contribution in [1.29, 1.82) is 0 Å². The Labute approximate surface area is 291 Å². The molecule has 0 saturated carbocycles. The van der Waals surface area contributed by atoms with Crippen molar-refractivity contribution < 1.29 is 18.8 Å². The minimum atomic E-state index is -0.563. The Morgan fingerprint density at radius 3 is 2.37 bits per heavy atom. The minimum Gasteiger partial charge on any atom is -0.321 e. The monoisotopic (exact) mass is 686 g/mol. The Balaban J connectivity index is 1.13. The molecule has 0 fully saturated rings. The molecule has 0 spiro atoms. The fourth-order valence-corrected chi connectivity index (χ4v) is 6.73. The van der Waals surface area contributed by atoms with Crippen molar-refractivity contribution in [1.82, 2.24) is 10.3 Å². The van der Waals surface area contributed by atoms with Crippen LogP contribution in [0.25, 0.3) is 28.1 Å². The molecule has 6 rings (SSSR count). The van der Waals surface area contributed by atoms with Crippen LogP contribution in [-0.4, -0.2) is 28.0 Å². The molecule has 5 aromatic carbocycles. The van der Waals surface area contributed by atoms with Crippen LogP contribution in [0.2, 0.25) is 0 Å². The summed E-state index contributed by atoms with van der Waals surface area (Å²) in [7, 11) is 0. The van der Waals surface area contributed by atoms with Gasteiger partial charge < -0.3 is 16.0 Å². The smallest absolute Gasteiger partial charge is 0.272 e. The molecule has 1 aromatic heterocycles. The molecule has 3 N–H and O–H groups in total. The summed E-state index contributed by atoms with van der Waals surface area (Å²) >= 11 is 2.75. The number of anilines is 2. The first-order chi connectivity index (χ1) is 23.8. The van der Waals surface area contributed by atoms with Crippen molar-refractivity contribution in [2.75, 3.05) is 10.6 Å². The highest BCUT2D eigenvalue weighted by Crippen LogP contribution is 2.31. The Morgan fingerprint density at radius 2 is 1.59 bits per heavy atom. The molecule has 1 unspecified atom stereocenters. The maximum atomic E-state index is 13.5. The number of carbonyl (C=O) groups excluding carboxylic acids is 3. The topological polar surface area (TPSA) is 100 Å². The molecular weight excluding hydrogens is 656 g/mol. The number of halogens is 1. The van der Waals surface area contributed by atoms with Crippen LogP contribution in [0.3, 0.4) is 0 Å². The predicted octanol–water partition coefficient (Wildman–Crippen LogP) is 9.02. The lowest BCUT2D eigenvalue weighted by molar-refractivity contribution is -0.116. The quantitative estimate of drug-likeness (QED) is 0.0933. The number of aromatic nitrogens is 1. The van der Waals surface area contributed by atoms with Gasteiger partial charge in [-0.2, -0.15) is 0 Å². The molecule has 0 aliphatic carbocycles. The molecule has 10 heteroatoms. The molecule has 0 radical (unpaired) electrons. The van der Waals surface area contributed by atoms with Gasteiger partial charge in [0.25, 0.3) is 11.8 Å². The van der Waals surface area contributed by atoms with Gasteiger partial charge in [-0.15, -0.1) is 23.1 Å². The van der Waals surface area contributed by atoms with Crippen LogP contribution in [0.5, 0.6) is 0 Å². The van der Waals surface area contributed by atoms with Gasteiger partial charge in [-0.1, -0.05) is 79.7 Å². The number of thiazole rings is 1. The highest BCUT2D eigenvalue weighted by molar-refractivity contribution is 8.00. The van der Waals surface area contributed by atoms with Crippen LogP contribution < -0.4 is 16.0 Å². The Kier molecular flexibility index (Phi) is 10.6. The first-order valence-corrected chi connectivity index (χ1v) is 17.3. The van der Waals surface area contributed by atoms with Gasteiger partial charge in [0.05, 0.1) is 10.9 Å². The van der Waals surface area contributed by atoms with E-state index in [0.717, 1.165) is 26.9 Å². The fraction of sp³-hybridized carbons (Fsp3) is 0.0769. The number of amides is 3. The third-order valence-electron chi connectivity index (χ3n) is 7.52. The second-order valence-electron chi connectivity index (χ2n) is 11.0. The summed E-state index contributed by atoms with van der Waals surface area (Å²) < 4.78 is 13.5. The van der Waals surface area contributed by atoms with Crippen LogP contribution in [0, 0.1) is 5.82 Å². The van der Waals surface area contributed by atoms with Gasteiger partial charge in [-0.25, -0.2) is 9.37 Å². The standard InChI is InChI=1S/C39H31FN4O3S2/c1-2-35(38(47)44-39-43-34(24-48-39)29-18-17-26-9-6-7-12-28(26)22-29)49-32-14-8-13-31(23-32)41-37(46)33(21-25-15-19-30(40)20-16-25)42-36(45)27-10-4-3-5-11-27/h3-24,35H,2H2,1H3,(H,41,46)(H,42,45)(H,43,44,47)/b33-21-. The zero-order valence-electron chi connectivity index (χ0n) is 26.4. The summed E-state index contributed by atoms with van der Waals surface area (Å²) in [6.45, 7) is 1.94. The van der Waals surface area contributed by atoms with E-state index in [2.05, 4.69) is 45.2 Å². The van der Waals surface area contributed by atoms with E-state index < -0.39 is 22.9 Å². The van der Waals surface area contributed by atoms with Crippen LogP contribution in [0.15, 0.2) is 137 Å². The number of hydrogen-bond donors (Lipinski definition) is 3. The lowest BCUT2D eigenvalue weighted by Crippen LogP contribution is -2.30. The summed E-state index contributed by atoms with van der Waals surface area (Å²) in [4.78, 5) is 45.2. The number of thioether (sulfide) groups is 1. The number of rotatable bonds is 11. The number of benzene rings is 5. The van der Waals surface area contributed by atoms with Crippen LogP contribution in [-0.2, 0) is 9.59 Å². The molecule has 7 nitrogen and oxygen atoms in total. The van der Waals surface area contributed by atoms with Crippen LogP contribution in [0.4, 0.5) is 15.2 Å². The zero-order valence-corrected chi connectivity index (χ0v) is 28.0. The second kappa shape index (κ2) is 15.5.